The van der Waals surface area contributed by atoms with E-state index in [0.717, 1.165) is 18.8 Å². The van der Waals surface area contributed by atoms with Gasteiger partial charge in [0.15, 0.2) is 5.16 Å². The Balaban J connectivity index is 2.42. The van der Waals surface area contributed by atoms with Crippen LogP contribution in [0.4, 0.5) is 5.95 Å². The number of anilines is 1. The fraction of sp³-hybridized carbons (Fsp3) is 0.571. The Hall–Kier alpha value is -0.590. The average Bonchev–Trinajstić information content (AvgIpc) is 2.11. The smallest absolute Gasteiger partial charge is 0.228 e. The van der Waals surface area contributed by atoms with Crippen LogP contribution in [0.2, 0.25) is 5.28 Å². The molecule has 2 N–H and O–H groups in total. The lowest BCUT2D eigenvalue weighted by atomic mass is 10.5. The van der Waals surface area contributed by atoms with Crippen molar-refractivity contribution in [2.24, 2.45) is 0 Å². The quantitative estimate of drug-likeness (QED) is 0.610. The number of halogens is 1. The Morgan fingerprint density at radius 2 is 2.21 bits per heavy atom. The van der Waals surface area contributed by atoms with Gasteiger partial charge in [-0.2, -0.15) is 15.0 Å². The van der Waals surface area contributed by atoms with Crippen LogP contribution in [0, 0.1) is 0 Å². The van der Waals surface area contributed by atoms with Crippen LogP contribution in [0.15, 0.2) is 5.16 Å². The molecule has 14 heavy (non-hydrogen) atoms. The van der Waals surface area contributed by atoms with Crippen molar-refractivity contribution in [1.29, 1.82) is 0 Å². The fourth-order valence-corrected chi connectivity index (χ4v) is 1.75. The Labute approximate surface area is 91.4 Å². The van der Waals surface area contributed by atoms with Crippen LogP contribution in [0.5, 0.6) is 0 Å². The van der Waals surface area contributed by atoms with Gasteiger partial charge in [0.05, 0.1) is 0 Å². The molecule has 0 aliphatic heterocycles. The molecular weight excluding hydrogens is 224 g/mol. The van der Waals surface area contributed by atoms with E-state index in [1.54, 1.807) is 7.11 Å². The number of rotatable bonds is 5. The molecule has 78 valence electrons. The molecule has 0 aromatic carbocycles. The van der Waals surface area contributed by atoms with Crippen LogP contribution in [0.3, 0.4) is 0 Å². The van der Waals surface area contributed by atoms with E-state index in [0.29, 0.717) is 5.16 Å². The number of hydrogen-bond acceptors (Lipinski definition) is 6. The van der Waals surface area contributed by atoms with Gasteiger partial charge in [0.25, 0.3) is 0 Å². The zero-order valence-corrected chi connectivity index (χ0v) is 9.31. The van der Waals surface area contributed by atoms with Crippen molar-refractivity contribution in [1.82, 2.24) is 15.0 Å². The lowest BCUT2D eigenvalue weighted by molar-refractivity contribution is 0.200. The van der Waals surface area contributed by atoms with Crippen LogP contribution in [0.1, 0.15) is 6.42 Å². The number of nitrogens with two attached hydrogens (primary N) is 1. The van der Waals surface area contributed by atoms with E-state index in [2.05, 4.69) is 15.0 Å². The second-order valence-electron chi connectivity index (χ2n) is 2.44. The van der Waals surface area contributed by atoms with Crippen LogP contribution in [-0.4, -0.2) is 34.4 Å². The van der Waals surface area contributed by atoms with Crippen LogP contribution in [-0.2, 0) is 4.74 Å². The zero-order chi connectivity index (χ0) is 10.4. The standard InChI is InChI=1S/C7H11ClN4OS/c1-13-3-2-4-14-7-11-5(8)10-6(9)12-7/h2-4H2,1H3,(H2,9,10,11,12). The average molecular weight is 235 g/mol. The summed E-state index contributed by atoms with van der Waals surface area (Å²) in [7, 11) is 1.67. The largest absolute Gasteiger partial charge is 0.385 e. The number of aromatic nitrogens is 3. The first-order valence-corrected chi connectivity index (χ1v) is 5.37. The van der Waals surface area contributed by atoms with E-state index >= 15 is 0 Å². The highest BCUT2D eigenvalue weighted by Crippen LogP contribution is 2.15. The van der Waals surface area contributed by atoms with Crippen molar-refractivity contribution >= 4 is 29.3 Å². The number of ether oxygens (including phenoxy) is 1. The second kappa shape index (κ2) is 6.00. The topological polar surface area (TPSA) is 73.9 Å². The number of thioether (sulfide) groups is 1. The van der Waals surface area contributed by atoms with Gasteiger partial charge in [-0.1, -0.05) is 11.8 Å². The molecule has 0 unspecified atom stereocenters. The molecule has 0 amide bonds. The molecule has 0 fully saturated rings. The Bertz CT molecular complexity index is 279. The van der Waals surface area contributed by atoms with E-state index in [-0.39, 0.29) is 11.2 Å². The minimum absolute atomic E-state index is 0.131. The first-order valence-electron chi connectivity index (χ1n) is 4.01. The maximum atomic E-state index is 5.61. The van der Waals surface area contributed by atoms with Crippen molar-refractivity contribution in [2.75, 3.05) is 25.2 Å². The molecule has 0 saturated carbocycles. The highest BCUT2D eigenvalue weighted by molar-refractivity contribution is 7.99. The normalized spacial score (nSPS) is 10.4. The molecule has 0 aliphatic rings. The maximum Gasteiger partial charge on any atom is 0.228 e. The summed E-state index contributed by atoms with van der Waals surface area (Å²) in [5, 5.41) is 0.686. The van der Waals surface area contributed by atoms with Gasteiger partial charge in [-0.3, -0.25) is 0 Å². The van der Waals surface area contributed by atoms with Gasteiger partial charge in [-0.25, -0.2) is 0 Å². The van der Waals surface area contributed by atoms with Gasteiger partial charge in [0.1, 0.15) is 0 Å². The predicted octanol–water partition coefficient (Wildman–Crippen LogP) is 1.24. The lowest BCUT2D eigenvalue weighted by Gasteiger charge is -2.00. The molecule has 1 heterocycles. The van der Waals surface area contributed by atoms with Crippen molar-refractivity contribution in [3.05, 3.63) is 5.28 Å². The summed E-state index contributed by atoms with van der Waals surface area (Å²) < 4.78 is 4.91. The summed E-state index contributed by atoms with van der Waals surface area (Å²) in [6.45, 7) is 0.724. The summed E-state index contributed by atoms with van der Waals surface area (Å²) in [6, 6.07) is 0. The highest BCUT2D eigenvalue weighted by atomic mass is 35.5. The van der Waals surface area contributed by atoms with Gasteiger partial charge < -0.3 is 10.5 Å². The van der Waals surface area contributed by atoms with E-state index < -0.39 is 0 Å². The van der Waals surface area contributed by atoms with Gasteiger partial charge >= 0.3 is 0 Å². The van der Waals surface area contributed by atoms with Crippen LogP contribution >= 0.6 is 23.4 Å². The van der Waals surface area contributed by atoms with E-state index in [1.807, 2.05) is 0 Å². The maximum absolute atomic E-state index is 5.61. The lowest BCUT2D eigenvalue weighted by Crippen LogP contribution is -2.00. The van der Waals surface area contributed by atoms with Gasteiger partial charge in [0, 0.05) is 19.5 Å². The first kappa shape index (κ1) is 11.5. The summed E-state index contributed by atoms with van der Waals surface area (Å²) >= 11 is 7.09. The molecule has 1 rings (SSSR count). The van der Waals surface area contributed by atoms with Gasteiger partial charge in [-0.05, 0) is 18.0 Å². The van der Waals surface area contributed by atoms with Crippen molar-refractivity contribution in [2.45, 2.75) is 11.6 Å². The van der Waals surface area contributed by atoms with Crippen molar-refractivity contribution in [3.8, 4) is 0 Å². The van der Waals surface area contributed by atoms with Crippen molar-refractivity contribution < 1.29 is 4.74 Å². The van der Waals surface area contributed by atoms with E-state index in [4.69, 9.17) is 22.1 Å². The molecule has 0 spiro atoms. The molecule has 1 aromatic heterocycles. The minimum atomic E-state index is 0.131. The monoisotopic (exact) mass is 234 g/mol. The second-order valence-corrected chi connectivity index (χ2v) is 3.84. The Kier molecular flexibility index (Phi) is 4.92. The minimum Gasteiger partial charge on any atom is -0.385 e. The molecule has 0 radical (unpaired) electrons. The third kappa shape index (κ3) is 4.08. The number of nitrogens with zero attached hydrogens (tertiary/aromatic N) is 3. The van der Waals surface area contributed by atoms with E-state index in [1.165, 1.54) is 11.8 Å². The summed E-state index contributed by atoms with van der Waals surface area (Å²) in [6.07, 6.45) is 0.935. The molecule has 5 nitrogen and oxygen atoms in total. The summed E-state index contributed by atoms with van der Waals surface area (Å²) in [4.78, 5) is 11.5. The summed E-state index contributed by atoms with van der Waals surface area (Å²) in [5.41, 5.74) is 5.41. The Morgan fingerprint density at radius 1 is 1.43 bits per heavy atom. The molecule has 0 aliphatic carbocycles. The SMILES string of the molecule is COCCCSc1nc(N)nc(Cl)n1. The Morgan fingerprint density at radius 3 is 2.86 bits per heavy atom. The molecule has 0 atom stereocenters. The molecule has 0 saturated heterocycles. The third-order valence-electron chi connectivity index (χ3n) is 1.33. The van der Waals surface area contributed by atoms with E-state index in [9.17, 15) is 0 Å². The third-order valence-corrected chi connectivity index (χ3v) is 2.43. The number of methoxy groups -OCH3 is 1. The fourth-order valence-electron chi connectivity index (χ4n) is 0.778. The van der Waals surface area contributed by atoms with Crippen LogP contribution < -0.4 is 5.73 Å². The highest BCUT2D eigenvalue weighted by Gasteiger charge is 2.02. The predicted molar refractivity (Wildman–Crippen MR) is 56.5 cm³/mol. The number of nitrogen functional groups attached to an aromatic ring is 1. The van der Waals surface area contributed by atoms with Gasteiger partial charge in [0.2, 0.25) is 11.2 Å². The van der Waals surface area contributed by atoms with Crippen molar-refractivity contribution in [3.63, 3.8) is 0 Å². The zero-order valence-electron chi connectivity index (χ0n) is 7.73. The number of hydrogen-bond donors (Lipinski definition) is 1. The first-order chi connectivity index (χ1) is 6.72. The molecule has 1 aromatic rings. The van der Waals surface area contributed by atoms with Crippen LogP contribution in [0.25, 0.3) is 0 Å². The molecule has 0 bridgehead atoms. The van der Waals surface area contributed by atoms with Gasteiger partial charge in [-0.15, -0.1) is 0 Å². The summed E-state index contributed by atoms with van der Waals surface area (Å²) in [5.74, 6) is 1.02. The molecular formula is C7H11ClN4OS. The molecule has 7 heteroatoms.